The van der Waals surface area contributed by atoms with Crippen LogP contribution in [0.1, 0.15) is 11.1 Å². The zero-order valence-electron chi connectivity index (χ0n) is 17.2. The molecule has 0 saturated heterocycles. The monoisotopic (exact) mass is 413 g/mol. The molecular weight excluding hydrogens is 390 g/mol. The number of benzene rings is 3. The first kappa shape index (κ1) is 19.1. The van der Waals surface area contributed by atoms with Crippen molar-refractivity contribution in [3.8, 4) is 28.5 Å². The van der Waals surface area contributed by atoms with E-state index in [0.717, 1.165) is 45.6 Å². The molecule has 0 aliphatic carbocycles. The van der Waals surface area contributed by atoms with Crippen molar-refractivity contribution in [2.75, 3.05) is 12.1 Å². The van der Waals surface area contributed by atoms with Gasteiger partial charge in [0.2, 0.25) is 12.7 Å². The Morgan fingerprint density at radius 3 is 2.58 bits per heavy atom. The molecule has 2 heterocycles. The van der Waals surface area contributed by atoms with Crippen molar-refractivity contribution in [2.24, 2.45) is 7.05 Å². The van der Waals surface area contributed by atoms with Crippen molar-refractivity contribution in [1.29, 1.82) is 0 Å². The van der Waals surface area contributed by atoms with Crippen LogP contribution in [0.15, 0.2) is 79.0 Å². The predicted octanol–water partition coefficient (Wildman–Crippen LogP) is 5.01. The second-order valence-corrected chi connectivity index (χ2v) is 7.37. The molecule has 0 amide bonds. The molecule has 3 aromatic carbocycles. The number of anilines is 1. The third-order valence-corrected chi connectivity index (χ3v) is 5.28. The number of fused-ring (bicyclic) bond motifs is 1. The van der Waals surface area contributed by atoms with Crippen LogP contribution in [0, 0.1) is 0 Å². The van der Waals surface area contributed by atoms with E-state index in [1.165, 1.54) is 0 Å². The number of nitrogens with one attached hydrogen (secondary N) is 1. The van der Waals surface area contributed by atoms with Crippen LogP contribution in [0.25, 0.3) is 11.3 Å². The highest BCUT2D eigenvalue weighted by Gasteiger charge is 2.16. The fourth-order valence-corrected chi connectivity index (χ4v) is 3.52. The summed E-state index contributed by atoms with van der Waals surface area (Å²) in [5, 5.41) is 3.40. The highest BCUT2D eigenvalue weighted by molar-refractivity contribution is 5.66. The number of hydrogen-bond donors (Lipinski definition) is 1. The number of hydrogen-bond acceptors (Lipinski definition) is 5. The molecule has 0 unspecified atom stereocenters. The van der Waals surface area contributed by atoms with Crippen LogP contribution in [0.4, 0.5) is 5.95 Å². The second-order valence-electron chi connectivity index (χ2n) is 7.37. The Hall–Kier alpha value is -3.93. The standard InChI is InChI=1S/C25H23N3O3/c1-28-22(20-9-12-23-24(13-20)31-17-30-23)15-27-25(28)26-14-18-7-10-21(11-8-18)29-16-19-5-3-2-4-6-19/h2-13,15H,14,16-17H2,1H3,(H,26,27). The Morgan fingerprint density at radius 1 is 0.935 bits per heavy atom. The Kier molecular flexibility index (Phi) is 5.19. The van der Waals surface area contributed by atoms with Gasteiger partial charge in [0.05, 0.1) is 11.9 Å². The summed E-state index contributed by atoms with van der Waals surface area (Å²) in [7, 11) is 2.00. The second kappa shape index (κ2) is 8.44. The lowest BCUT2D eigenvalue weighted by Crippen LogP contribution is -2.05. The first-order valence-electron chi connectivity index (χ1n) is 10.2. The molecule has 5 rings (SSSR count). The van der Waals surface area contributed by atoms with E-state index in [4.69, 9.17) is 14.2 Å². The number of aromatic nitrogens is 2. The minimum Gasteiger partial charge on any atom is -0.489 e. The molecule has 0 spiro atoms. The van der Waals surface area contributed by atoms with Gasteiger partial charge in [-0.1, -0.05) is 42.5 Å². The van der Waals surface area contributed by atoms with Gasteiger partial charge in [-0.15, -0.1) is 0 Å². The summed E-state index contributed by atoms with van der Waals surface area (Å²) in [5.41, 5.74) is 4.35. The SMILES string of the molecule is Cn1c(-c2ccc3c(c2)OCO3)cnc1NCc1ccc(OCc2ccccc2)cc1. The molecule has 0 atom stereocenters. The molecule has 156 valence electrons. The average Bonchev–Trinajstić information content (AvgIpc) is 3.43. The van der Waals surface area contributed by atoms with E-state index in [-0.39, 0.29) is 6.79 Å². The third-order valence-electron chi connectivity index (χ3n) is 5.28. The van der Waals surface area contributed by atoms with Gasteiger partial charge >= 0.3 is 0 Å². The Labute approximate surface area is 181 Å². The van der Waals surface area contributed by atoms with Crippen LogP contribution in [-0.2, 0) is 20.2 Å². The fraction of sp³-hybridized carbons (Fsp3) is 0.160. The molecule has 31 heavy (non-hydrogen) atoms. The molecule has 0 saturated carbocycles. The highest BCUT2D eigenvalue weighted by Crippen LogP contribution is 2.36. The van der Waals surface area contributed by atoms with Gasteiger partial charge in [0.15, 0.2) is 11.5 Å². The summed E-state index contributed by atoms with van der Waals surface area (Å²) >= 11 is 0. The minimum absolute atomic E-state index is 0.271. The first-order valence-corrected chi connectivity index (χ1v) is 10.2. The number of rotatable bonds is 7. The van der Waals surface area contributed by atoms with Crippen LogP contribution < -0.4 is 19.5 Å². The van der Waals surface area contributed by atoms with Gasteiger partial charge < -0.3 is 24.1 Å². The van der Waals surface area contributed by atoms with Crippen LogP contribution >= 0.6 is 0 Å². The van der Waals surface area contributed by atoms with Crippen molar-refractivity contribution in [3.05, 3.63) is 90.1 Å². The van der Waals surface area contributed by atoms with E-state index in [9.17, 15) is 0 Å². The summed E-state index contributed by atoms with van der Waals surface area (Å²) in [6.45, 7) is 1.51. The van der Waals surface area contributed by atoms with Gasteiger partial charge in [-0.2, -0.15) is 0 Å². The largest absolute Gasteiger partial charge is 0.489 e. The molecule has 1 aliphatic heterocycles. The van der Waals surface area contributed by atoms with E-state index in [1.54, 1.807) is 0 Å². The van der Waals surface area contributed by atoms with E-state index >= 15 is 0 Å². The molecule has 1 aromatic heterocycles. The van der Waals surface area contributed by atoms with Crippen LogP contribution in [0.3, 0.4) is 0 Å². The Morgan fingerprint density at radius 2 is 1.74 bits per heavy atom. The van der Waals surface area contributed by atoms with Gasteiger partial charge in [-0.25, -0.2) is 4.98 Å². The van der Waals surface area contributed by atoms with Gasteiger partial charge in [-0.3, -0.25) is 0 Å². The predicted molar refractivity (Wildman–Crippen MR) is 119 cm³/mol. The quantitative estimate of drug-likeness (QED) is 0.462. The smallest absolute Gasteiger partial charge is 0.231 e. The van der Waals surface area contributed by atoms with Crippen LogP contribution in [0.5, 0.6) is 17.2 Å². The summed E-state index contributed by atoms with van der Waals surface area (Å²) in [4.78, 5) is 4.54. The lowest BCUT2D eigenvalue weighted by molar-refractivity contribution is 0.174. The molecule has 0 fully saturated rings. The minimum atomic E-state index is 0.271. The van der Waals surface area contributed by atoms with Crippen LogP contribution in [-0.4, -0.2) is 16.3 Å². The summed E-state index contributed by atoms with van der Waals surface area (Å²) in [6, 6.07) is 24.2. The number of ether oxygens (including phenoxy) is 3. The van der Waals surface area contributed by atoms with Gasteiger partial charge in [0, 0.05) is 19.2 Å². The van der Waals surface area contributed by atoms with Crippen molar-refractivity contribution in [3.63, 3.8) is 0 Å². The zero-order valence-corrected chi connectivity index (χ0v) is 17.2. The molecule has 6 heteroatoms. The van der Waals surface area contributed by atoms with Crippen LogP contribution in [0.2, 0.25) is 0 Å². The topological polar surface area (TPSA) is 57.5 Å². The van der Waals surface area contributed by atoms with E-state index in [1.807, 2.05) is 66.3 Å². The maximum absolute atomic E-state index is 5.86. The van der Waals surface area contributed by atoms with Gasteiger partial charge in [0.25, 0.3) is 0 Å². The number of nitrogens with zero attached hydrogens (tertiary/aromatic N) is 2. The normalized spacial score (nSPS) is 12.0. The van der Waals surface area contributed by atoms with Gasteiger partial charge in [-0.05, 0) is 41.5 Å². The molecule has 1 N–H and O–H groups in total. The van der Waals surface area contributed by atoms with Crippen molar-refractivity contribution in [1.82, 2.24) is 9.55 Å². The van der Waals surface area contributed by atoms with Crippen molar-refractivity contribution < 1.29 is 14.2 Å². The van der Waals surface area contributed by atoms with E-state index in [0.29, 0.717) is 13.2 Å². The molecular formula is C25H23N3O3. The maximum atomic E-state index is 5.86. The summed E-state index contributed by atoms with van der Waals surface area (Å²) in [6.07, 6.45) is 1.86. The third kappa shape index (κ3) is 4.19. The van der Waals surface area contributed by atoms with Crippen molar-refractivity contribution in [2.45, 2.75) is 13.2 Å². The van der Waals surface area contributed by atoms with E-state index in [2.05, 4.69) is 34.6 Å². The van der Waals surface area contributed by atoms with Gasteiger partial charge in [0.1, 0.15) is 12.4 Å². The molecule has 4 aromatic rings. The van der Waals surface area contributed by atoms with Crippen molar-refractivity contribution >= 4 is 5.95 Å². The molecule has 6 nitrogen and oxygen atoms in total. The first-order chi connectivity index (χ1) is 15.3. The summed E-state index contributed by atoms with van der Waals surface area (Å²) in [5.74, 6) is 3.20. The molecule has 1 aliphatic rings. The number of imidazole rings is 1. The molecule has 0 bridgehead atoms. The molecule has 0 radical (unpaired) electrons. The lowest BCUT2D eigenvalue weighted by Gasteiger charge is -2.10. The highest BCUT2D eigenvalue weighted by atomic mass is 16.7. The maximum Gasteiger partial charge on any atom is 0.231 e. The zero-order chi connectivity index (χ0) is 21.0. The lowest BCUT2D eigenvalue weighted by atomic mass is 10.1. The summed E-state index contributed by atoms with van der Waals surface area (Å²) < 4.78 is 18.8. The van der Waals surface area contributed by atoms with E-state index < -0.39 is 0 Å². The fourth-order valence-electron chi connectivity index (χ4n) is 3.52. The Balaban J connectivity index is 1.20. The Bertz CT molecular complexity index is 1170. The average molecular weight is 413 g/mol.